The van der Waals surface area contributed by atoms with Crippen molar-refractivity contribution in [1.29, 1.82) is 0 Å². The Bertz CT molecular complexity index is 321. The lowest BCUT2D eigenvalue weighted by atomic mass is 10.1. The SMILES string of the molecule is COC(=O)N[C@H](C)c1ccc(OC)cc1. The summed E-state index contributed by atoms with van der Waals surface area (Å²) in [5.41, 5.74) is 1.00. The highest BCUT2D eigenvalue weighted by molar-refractivity contribution is 5.67. The third-order valence-electron chi connectivity index (χ3n) is 2.14. The first-order valence-corrected chi connectivity index (χ1v) is 4.65. The fourth-order valence-electron chi connectivity index (χ4n) is 1.21. The summed E-state index contributed by atoms with van der Waals surface area (Å²) in [6, 6.07) is 7.43. The summed E-state index contributed by atoms with van der Waals surface area (Å²) < 4.78 is 9.55. The third-order valence-corrected chi connectivity index (χ3v) is 2.14. The lowest BCUT2D eigenvalue weighted by Gasteiger charge is -2.13. The zero-order valence-electron chi connectivity index (χ0n) is 9.11. The van der Waals surface area contributed by atoms with E-state index in [-0.39, 0.29) is 6.04 Å². The minimum atomic E-state index is -0.432. The van der Waals surface area contributed by atoms with Crippen LogP contribution >= 0.6 is 0 Å². The molecule has 0 aromatic heterocycles. The van der Waals surface area contributed by atoms with E-state index in [0.29, 0.717) is 0 Å². The van der Waals surface area contributed by atoms with Gasteiger partial charge in [0.05, 0.1) is 20.3 Å². The number of benzene rings is 1. The highest BCUT2D eigenvalue weighted by Gasteiger charge is 2.08. The Morgan fingerprint density at radius 3 is 2.33 bits per heavy atom. The average molecular weight is 209 g/mol. The number of methoxy groups -OCH3 is 2. The van der Waals surface area contributed by atoms with Gasteiger partial charge >= 0.3 is 6.09 Å². The van der Waals surface area contributed by atoms with E-state index in [1.807, 2.05) is 31.2 Å². The topological polar surface area (TPSA) is 47.6 Å². The fraction of sp³-hybridized carbons (Fsp3) is 0.364. The summed E-state index contributed by atoms with van der Waals surface area (Å²) in [6.45, 7) is 1.89. The number of hydrogen-bond acceptors (Lipinski definition) is 3. The van der Waals surface area contributed by atoms with Crippen LogP contribution in [0.15, 0.2) is 24.3 Å². The van der Waals surface area contributed by atoms with Gasteiger partial charge in [0.1, 0.15) is 5.75 Å². The molecule has 0 aliphatic carbocycles. The first-order valence-electron chi connectivity index (χ1n) is 4.65. The number of amides is 1. The summed E-state index contributed by atoms with van der Waals surface area (Å²) in [7, 11) is 2.96. The van der Waals surface area contributed by atoms with E-state index in [2.05, 4.69) is 10.1 Å². The summed E-state index contributed by atoms with van der Waals surface area (Å²) in [4.78, 5) is 11.0. The van der Waals surface area contributed by atoms with Crippen molar-refractivity contribution in [3.8, 4) is 5.75 Å². The number of rotatable bonds is 3. The van der Waals surface area contributed by atoms with E-state index in [9.17, 15) is 4.79 Å². The molecule has 0 saturated heterocycles. The molecule has 1 aromatic carbocycles. The Morgan fingerprint density at radius 1 is 1.27 bits per heavy atom. The van der Waals surface area contributed by atoms with Gasteiger partial charge in [0.25, 0.3) is 0 Å². The molecule has 0 bridgehead atoms. The summed E-state index contributed by atoms with van der Waals surface area (Å²) >= 11 is 0. The molecule has 0 aliphatic rings. The van der Waals surface area contributed by atoms with E-state index in [1.54, 1.807) is 7.11 Å². The van der Waals surface area contributed by atoms with Crippen molar-refractivity contribution in [1.82, 2.24) is 5.32 Å². The molecule has 0 spiro atoms. The van der Waals surface area contributed by atoms with Crippen molar-refractivity contribution >= 4 is 6.09 Å². The normalized spacial score (nSPS) is 11.7. The predicted molar refractivity (Wildman–Crippen MR) is 56.9 cm³/mol. The van der Waals surface area contributed by atoms with Gasteiger partial charge in [0.2, 0.25) is 0 Å². The number of carbonyl (C=O) groups excluding carboxylic acids is 1. The highest BCUT2D eigenvalue weighted by atomic mass is 16.5. The smallest absolute Gasteiger partial charge is 0.407 e. The Kier molecular flexibility index (Phi) is 3.97. The van der Waals surface area contributed by atoms with Crippen molar-refractivity contribution in [2.75, 3.05) is 14.2 Å². The van der Waals surface area contributed by atoms with Crippen LogP contribution in [0, 0.1) is 0 Å². The van der Waals surface area contributed by atoms with Crippen LogP contribution < -0.4 is 10.1 Å². The van der Waals surface area contributed by atoms with Gasteiger partial charge < -0.3 is 14.8 Å². The van der Waals surface area contributed by atoms with Gasteiger partial charge in [-0.1, -0.05) is 12.1 Å². The van der Waals surface area contributed by atoms with Crippen LogP contribution in [0.3, 0.4) is 0 Å². The molecule has 0 unspecified atom stereocenters. The first kappa shape index (κ1) is 11.4. The molecule has 0 heterocycles. The molecule has 4 heteroatoms. The van der Waals surface area contributed by atoms with E-state index in [4.69, 9.17) is 4.74 Å². The summed E-state index contributed by atoms with van der Waals surface area (Å²) in [5.74, 6) is 0.795. The van der Waals surface area contributed by atoms with E-state index in [1.165, 1.54) is 7.11 Å². The van der Waals surface area contributed by atoms with Crippen LogP contribution in [-0.4, -0.2) is 20.3 Å². The average Bonchev–Trinajstić information content (AvgIpc) is 2.29. The van der Waals surface area contributed by atoms with Gasteiger partial charge in [-0.2, -0.15) is 0 Å². The molecule has 1 amide bonds. The molecule has 1 N–H and O–H groups in total. The van der Waals surface area contributed by atoms with Crippen LogP contribution in [0.1, 0.15) is 18.5 Å². The van der Waals surface area contributed by atoms with Crippen LogP contribution in [-0.2, 0) is 4.74 Å². The van der Waals surface area contributed by atoms with Crippen LogP contribution in [0.4, 0.5) is 4.79 Å². The first-order chi connectivity index (χ1) is 7.17. The molecule has 0 fully saturated rings. The predicted octanol–water partition coefficient (Wildman–Crippen LogP) is 2.11. The van der Waals surface area contributed by atoms with Crippen molar-refractivity contribution < 1.29 is 14.3 Å². The second kappa shape index (κ2) is 5.24. The van der Waals surface area contributed by atoms with Crippen molar-refractivity contribution in [2.24, 2.45) is 0 Å². The van der Waals surface area contributed by atoms with E-state index >= 15 is 0 Å². The summed E-state index contributed by atoms with van der Waals surface area (Å²) in [5, 5.41) is 2.68. The number of nitrogens with one attached hydrogen (secondary N) is 1. The lowest BCUT2D eigenvalue weighted by molar-refractivity contribution is 0.167. The van der Waals surface area contributed by atoms with Gasteiger partial charge in [-0.3, -0.25) is 0 Å². The Balaban J connectivity index is 2.65. The number of hydrogen-bond donors (Lipinski definition) is 1. The molecular formula is C11H15NO3. The highest BCUT2D eigenvalue weighted by Crippen LogP contribution is 2.17. The molecule has 15 heavy (non-hydrogen) atoms. The van der Waals surface area contributed by atoms with Gasteiger partial charge in [-0.15, -0.1) is 0 Å². The molecule has 1 rings (SSSR count). The van der Waals surface area contributed by atoms with Gasteiger partial charge in [0, 0.05) is 0 Å². The maximum absolute atomic E-state index is 11.0. The molecule has 1 aromatic rings. The van der Waals surface area contributed by atoms with Crippen molar-refractivity contribution in [3.05, 3.63) is 29.8 Å². The Hall–Kier alpha value is -1.71. The molecule has 82 valence electrons. The number of carbonyl (C=O) groups is 1. The van der Waals surface area contributed by atoms with Crippen LogP contribution in [0.2, 0.25) is 0 Å². The molecule has 0 saturated carbocycles. The van der Waals surface area contributed by atoms with Crippen molar-refractivity contribution in [3.63, 3.8) is 0 Å². The standard InChI is InChI=1S/C11H15NO3/c1-8(12-11(13)15-3)9-4-6-10(14-2)7-5-9/h4-8H,1-3H3,(H,12,13)/t8-/m1/s1. The maximum Gasteiger partial charge on any atom is 0.407 e. The quantitative estimate of drug-likeness (QED) is 0.829. The number of ether oxygens (including phenoxy) is 2. The van der Waals surface area contributed by atoms with Gasteiger partial charge in [-0.05, 0) is 24.6 Å². The fourth-order valence-corrected chi connectivity index (χ4v) is 1.21. The minimum absolute atomic E-state index is 0.0802. The zero-order valence-corrected chi connectivity index (χ0v) is 9.11. The van der Waals surface area contributed by atoms with Gasteiger partial charge in [0.15, 0.2) is 0 Å². The zero-order chi connectivity index (χ0) is 11.3. The third kappa shape index (κ3) is 3.16. The minimum Gasteiger partial charge on any atom is -0.497 e. The van der Waals surface area contributed by atoms with Crippen molar-refractivity contribution in [2.45, 2.75) is 13.0 Å². The molecular weight excluding hydrogens is 194 g/mol. The van der Waals surface area contributed by atoms with E-state index < -0.39 is 6.09 Å². The monoisotopic (exact) mass is 209 g/mol. The Labute approximate surface area is 89.2 Å². The molecule has 4 nitrogen and oxygen atoms in total. The number of alkyl carbamates (subject to hydrolysis) is 1. The molecule has 0 radical (unpaired) electrons. The maximum atomic E-state index is 11.0. The van der Waals surface area contributed by atoms with Crippen LogP contribution in [0.25, 0.3) is 0 Å². The summed E-state index contributed by atoms with van der Waals surface area (Å²) in [6.07, 6.45) is -0.432. The largest absolute Gasteiger partial charge is 0.497 e. The second-order valence-corrected chi connectivity index (χ2v) is 3.13. The second-order valence-electron chi connectivity index (χ2n) is 3.13. The lowest BCUT2D eigenvalue weighted by Crippen LogP contribution is -2.26. The van der Waals surface area contributed by atoms with Crippen LogP contribution in [0.5, 0.6) is 5.75 Å². The van der Waals surface area contributed by atoms with Gasteiger partial charge in [-0.25, -0.2) is 4.79 Å². The van der Waals surface area contributed by atoms with E-state index in [0.717, 1.165) is 11.3 Å². The molecule has 1 atom stereocenters. The Morgan fingerprint density at radius 2 is 1.87 bits per heavy atom. The molecule has 0 aliphatic heterocycles.